The highest BCUT2D eigenvalue weighted by molar-refractivity contribution is 6.06. The second-order valence-electron chi connectivity index (χ2n) is 7.24. The smallest absolute Gasteiger partial charge is 0.259 e. The first-order valence-electron chi connectivity index (χ1n) is 9.75. The molecule has 28 heavy (non-hydrogen) atoms. The topological polar surface area (TPSA) is 76.7 Å². The lowest BCUT2D eigenvalue weighted by Crippen LogP contribution is -2.19. The van der Waals surface area contributed by atoms with Gasteiger partial charge in [0.15, 0.2) is 0 Å². The van der Waals surface area contributed by atoms with Crippen molar-refractivity contribution < 1.29 is 19.1 Å². The molecule has 0 aromatic heterocycles. The lowest BCUT2D eigenvalue weighted by molar-refractivity contribution is -0.117. The van der Waals surface area contributed by atoms with Gasteiger partial charge in [-0.15, -0.1) is 0 Å². The second kappa shape index (κ2) is 8.44. The van der Waals surface area contributed by atoms with Crippen LogP contribution in [0.5, 0.6) is 5.75 Å². The molecular weight excluding hydrogens is 356 g/mol. The number of hydrogen-bond acceptors (Lipinski definition) is 4. The number of rotatable bonds is 7. The SMILES string of the molecule is O=C(Nc1cccc(NC(=O)C2CC2)c1)c1ccccc1OCC1CCCO1. The van der Waals surface area contributed by atoms with Gasteiger partial charge in [-0.2, -0.15) is 0 Å². The molecule has 2 N–H and O–H groups in total. The first-order valence-corrected chi connectivity index (χ1v) is 9.75. The van der Waals surface area contributed by atoms with E-state index in [0.29, 0.717) is 29.3 Å². The van der Waals surface area contributed by atoms with Crippen LogP contribution in [-0.4, -0.2) is 31.1 Å². The Morgan fingerprint density at radius 3 is 2.54 bits per heavy atom. The standard InChI is InChI=1S/C22H24N2O4/c25-21(15-10-11-15)23-16-5-3-6-17(13-16)24-22(26)19-8-1-2-9-20(19)28-14-18-7-4-12-27-18/h1-3,5-6,8-9,13,15,18H,4,7,10-12,14H2,(H,23,25)(H,24,26). The summed E-state index contributed by atoms with van der Waals surface area (Å²) in [5.41, 5.74) is 1.76. The minimum atomic E-state index is -0.256. The molecular formula is C22H24N2O4. The fourth-order valence-corrected chi connectivity index (χ4v) is 3.20. The van der Waals surface area contributed by atoms with E-state index in [9.17, 15) is 9.59 Å². The van der Waals surface area contributed by atoms with Crippen LogP contribution in [0.15, 0.2) is 48.5 Å². The summed E-state index contributed by atoms with van der Waals surface area (Å²) in [7, 11) is 0. The number of carbonyl (C=O) groups excluding carboxylic acids is 2. The van der Waals surface area contributed by atoms with Crippen molar-refractivity contribution in [3.8, 4) is 5.75 Å². The molecule has 2 aliphatic rings. The molecule has 6 heteroatoms. The summed E-state index contributed by atoms with van der Waals surface area (Å²) in [5, 5.41) is 5.77. The number of carbonyl (C=O) groups is 2. The van der Waals surface area contributed by atoms with E-state index >= 15 is 0 Å². The van der Waals surface area contributed by atoms with E-state index in [-0.39, 0.29) is 23.8 Å². The Bertz CT molecular complexity index is 857. The minimum Gasteiger partial charge on any atom is -0.490 e. The molecule has 0 spiro atoms. The Hall–Kier alpha value is -2.86. The summed E-state index contributed by atoms with van der Waals surface area (Å²) in [4.78, 5) is 24.7. The lowest BCUT2D eigenvalue weighted by atomic mass is 10.1. The van der Waals surface area contributed by atoms with Crippen molar-refractivity contribution in [3.63, 3.8) is 0 Å². The summed E-state index contributed by atoms with van der Waals surface area (Å²) in [5.74, 6) is 0.449. The largest absolute Gasteiger partial charge is 0.490 e. The van der Waals surface area contributed by atoms with Gasteiger partial charge < -0.3 is 20.1 Å². The van der Waals surface area contributed by atoms with Crippen molar-refractivity contribution in [1.82, 2.24) is 0 Å². The summed E-state index contributed by atoms with van der Waals surface area (Å²) < 4.78 is 11.4. The van der Waals surface area contributed by atoms with Gasteiger partial charge >= 0.3 is 0 Å². The van der Waals surface area contributed by atoms with Crippen molar-refractivity contribution in [2.75, 3.05) is 23.8 Å². The molecule has 4 rings (SSSR count). The van der Waals surface area contributed by atoms with Crippen LogP contribution in [0.4, 0.5) is 11.4 Å². The molecule has 1 heterocycles. The summed E-state index contributed by atoms with van der Waals surface area (Å²) >= 11 is 0. The first-order chi connectivity index (χ1) is 13.7. The average molecular weight is 380 g/mol. The van der Waals surface area contributed by atoms with E-state index in [1.807, 2.05) is 12.1 Å². The number of nitrogens with one attached hydrogen (secondary N) is 2. The van der Waals surface area contributed by atoms with Crippen LogP contribution < -0.4 is 15.4 Å². The molecule has 1 unspecified atom stereocenters. The predicted molar refractivity (Wildman–Crippen MR) is 107 cm³/mol. The molecule has 6 nitrogen and oxygen atoms in total. The number of amides is 2. The predicted octanol–water partition coefficient (Wildman–Crippen LogP) is 3.85. The van der Waals surface area contributed by atoms with Crippen LogP contribution in [0.25, 0.3) is 0 Å². The van der Waals surface area contributed by atoms with Crippen molar-refractivity contribution in [2.24, 2.45) is 5.92 Å². The molecule has 1 saturated carbocycles. The van der Waals surface area contributed by atoms with Crippen LogP contribution in [0.1, 0.15) is 36.0 Å². The van der Waals surface area contributed by atoms with Gasteiger partial charge in [-0.05, 0) is 56.0 Å². The summed E-state index contributed by atoms with van der Waals surface area (Å²) in [6.07, 6.45) is 4.01. The number of ether oxygens (including phenoxy) is 2. The summed E-state index contributed by atoms with van der Waals surface area (Å²) in [6, 6.07) is 14.3. The molecule has 2 aromatic carbocycles. The van der Waals surface area contributed by atoms with Crippen LogP contribution >= 0.6 is 0 Å². The Kier molecular flexibility index (Phi) is 5.58. The Balaban J connectivity index is 1.41. The maximum Gasteiger partial charge on any atom is 0.259 e. The molecule has 0 bridgehead atoms. The first kappa shape index (κ1) is 18.5. The molecule has 2 amide bonds. The fraction of sp³-hybridized carbons (Fsp3) is 0.364. The number of anilines is 2. The molecule has 1 saturated heterocycles. The van der Waals surface area contributed by atoms with Crippen molar-refractivity contribution in [1.29, 1.82) is 0 Å². The maximum absolute atomic E-state index is 12.8. The number of benzene rings is 2. The monoisotopic (exact) mass is 380 g/mol. The number of hydrogen-bond donors (Lipinski definition) is 2. The van der Waals surface area contributed by atoms with E-state index in [2.05, 4.69) is 10.6 Å². The molecule has 0 radical (unpaired) electrons. The minimum absolute atomic E-state index is 0.0383. The van der Waals surface area contributed by atoms with Crippen molar-refractivity contribution >= 4 is 23.2 Å². The van der Waals surface area contributed by atoms with E-state index in [0.717, 1.165) is 32.3 Å². The van der Waals surface area contributed by atoms with Crippen molar-refractivity contribution in [3.05, 3.63) is 54.1 Å². The normalized spacial score (nSPS) is 18.5. The molecule has 1 atom stereocenters. The van der Waals surface area contributed by atoms with Gasteiger partial charge in [0.2, 0.25) is 5.91 Å². The van der Waals surface area contributed by atoms with Crippen LogP contribution in [-0.2, 0) is 9.53 Å². The average Bonchev–Trinajstić information content (AvgIpc) is 3.43. The zero-order valence-corrected chi connectivity index (χ0v) is 15.6. The molecule has 1 aliphatic heterocycles. The van der Waals surface area contributed by atoms with Gasteiger partial charge in [-0.1, -0.05) is 18.2 Å². The third-order valence-electron chi connectivity index (χ3n) is 4.92. The van der Waals surface area contributed by atoms with Crippen LogP contribution in [0, 0.1) is 5.92 Å². The molecule has 1 aliphatic carbocycles. The number of para-hydroxylation sites is 1. The third-order valence-corrected chi connectivity index (χ3v) is 4.92. The quantitative estimate of drug-likeness (QED) is 0.765. The highest BCUT2D eigenvalue weighted by Crippen LogP contribution is 2.30. The van der Waals surface area contributed by atoms with E-state index in [1.165, 1.54) is 0 Å². The lowest BCUT2D eigenvalue weighted by Gasteiger charge is -2.15. The fourth-order valence-electron chi connectivity index (χ4n) is 3.20. The van der Waals surface area contributed by atoms with E-state index < -0.39 is 0 Å². The molecule has 2 fully saturated rings. The Morgan fingerprint density at radius 1 is 1.00 bits per heavy atom. The highest BCUT2D eigenvalue weighted by atomic mass is 16.5. The zero-order valence-electron chi connectivity index (χ0n) is 15.6. The van der Waals surface area contributed by atoms with Gasteiger partial charge in [-0.25, -0.2) is 0 Å². The molecule has 2 aromatic rings. The van der Waals surface area contributed by atoms with Crippen molar-refractivity contribution in [2.45, 2.75) is 31.8 Å². The Labute approximate surface area is 164 Å². The van der Waals surface area contributed by atoms with Gasteiger partial charge in [-0.3, -0.25) is 9.59 Å². The second-order valence-corrected chi connectivity index (χ2v) is 7.24. The third kappa shape index (κ3) is 4.70. The van der Waals surface area contributed by atoms with Gasteiger partial charge in [0.25, 0.3) is 5.91 Å². The Morgan fingerprint density at radius 2 is 1.79 bits per heavy atom. The van der Waals surface area contributed by atoms with Crippen LogP contribution in [0.3, 0.4) is 0 Å². The van der Waals surface area contributed by atoms with Crippen LogP contribution in [0.2, 0.25) is 0 Å². The zero-order chi connectivity index (χ0) is 19.3. The van der Waals surface area contributed by atoms with Gasteiger partial charge in [0.05, 0.1) is 11.7 Å². The molecule has 146 valence electrons. The van der Waals surface area contributed by atoms with E-state index in [4.69, 9.17) is 9.47 Å². The summed E-state index contributed by atoms with van der Waals surface area (Å²) in [6.45, 7) is 1.21. The highest BCUT2D eigenvalue weighted by Gasteiger charge is 2.29. The van der Waals surface area contributed by atoms with Gasteiger partial charge in [0, 0.05) is 23.9 Å². The maximum atomic E-state index is 12.8. The van der Waals surface area contributed by atoms with Gasteiger partial charge in [0.1, 0.15) is 12.4 Å². The van der Waals surface area contributed by atoms with E-state index in [1.54, 1.807) is 36.4 Å².